The summed E-state index contributed by atoms with van der Waals surface area (Å²) in [7, 11) is 0. The van der Waals surface area contributed by atoms with Gasteiger partial charge in [0.05, 0.1) is 11.9 Å². The van der Waals surface area contributed by atoms with E-state index in [4.69, 9.17) is 0 Å². The van der Waals surface area contributed by atoms with Gasteiger partial charge in [-0.1, -0.05) is 37.3 Å². The van der Waals surface area contributed by atoms with Crippen LogP contribution >= 0.6 is 0 Å². The highest BCUT2D eigenvalue weighted by Crippen LogP contribution is 2.25. The van der Waals surface area contributed by atoms with Gasteiger partial charge in [0.15, 0.2) is 0 Å². The molecule has 3 heterocycles. The first kappa shape index (κ1) is 19.9. The number of carbonyl (C=O) groups is 1. The molecule has 1 aromatic carbocycles. The third-order valence-electron chi connectivity index (χ3n) is 6.42. The zero-order valence-corrected chi connectivity index (χ0v) is 17.5. The Bertz CT molecular complexity index is 776. The summed E-state index contributed by atoms with van der Waals surface area (Å²) in [6.07, 6.45) is 5.47. The highest BCUT2D eigenvalue weighted by Gasteiger charge is 2.23. The van der Waals surface area contributed by atoms with Gasteiger partial charge in [0.1, 0.15) is 5.69 Å². The Balaban J connectivity index is 1.29. The van der Waals surface area contributed by atoms with Crippen molar-refractivity contribution in [1.82, 2.24) is 14.8 Å². The fraction of sp³-hybridized carbons (Fsp3) is 0.500. The fourth-order valence-electron chi connectivity index (χ4n) is 4.47. The van der Waals surface area contributed by atoms with Crippen LogP contribution in [0.15, 0.2) is 48.7 Å². The molecule has 5 heteroatoms. The molecule has 0 bridgehead atoms. The summed E-state index contributed by atoms with van der Waals surface area (Å²) in [6, 6.07) is 14.8. The normalized spacial score (nSPS) is 18.8. The molecule has 2 aliphatic rings. The van der Waals surface area contributed by atoms with Gasteiger partial charge >= 0.3 is 0 Å². The summed E-state index contributed by atoms with van der Waals surface area (Å²) >= 11 is 0. The van der Waals surface area contributed by atoms with E-state index in [1.54, 1.807) is 0 Å². The summed E-state index contributed by atoms with van der Waals surface area (Å²) < 4.78 is 0. The second-order valence-corrected chi connectivity index (χ2v) is 8.25. The Morgan fingerprint density at radius 1 is 0.966 bits per heavy atom. The quantitative estimate of drug-likeness (QED) is 0.783. The van der Waals surface area contributed by atoms with Crippen molar-refractivity contribution in [2.75, 3.05) is 50.7 Å². The molecule has 2 fully saturated rings. The summed E-state index contributed by atoms with van der Waals surface area (Å²) in [5, 5.41) is 0. The number of anilines is 1. The molecule has 0 N–H and O–H groups in total. The van der Waals surface area contributed by atoms with Crippen LogP contribution in [0.5, 0.6) is 0 Å². The minimum absolute atomic E-state index is 0.0638. The van der Waals surface area contributed by atoms with Gasteiger partial charge in [0.25, 0.3) is 5.91 Å². The molecule has 1 aromatic heterocycles. The minimum atomic E-state index is 0.0638. The molecule has 5 nitrogen and oxygen atoms in total. The number of likely N-dealkylation sites (N-methyl/N-ethyl adjacent to an activating group) is 1. The third kappa shape index (κ3) is 4.96. The van der Waals surface area contributed by atoms with Crippen LogP contribution in [0.2, 0.25) is 0 Å². The summed E-state index contributed by atoms with van der Waals surface area (Å²) in [4.78, 5) is 24.0. The first-order valence-electron chi connectivity index (χ1n) is 11.0. The number of hydrogen-bond acceptors (Lipinski definition) is 4. The number of piperazine rings is 1. The lowest BCUT2D eigenvalue weighted by Crippen LogP contribution is -2.48. The maximum Gasteiger partial charge on any atom is 0.272 e. The fourth-order valence-corrected chi connectivity index (χ4v) is 4.47. The van der Waals surface area contributed by atoms with Crippen molar-refractivity contribution in [2.45, 2.75) is 26.2 Å². The van der Waals surface area contributed by atoms with Gasteiger partial charge in [0, 0.05) is 39.3 Å². The third-order valence-corrected chi connectivity index (χ3v) is 6.42. The molecular weight excluding hydrogens is 360 g/mol. The van der Waals surface area contributed by atoms with Crippen molar-refractivity contribution >= 4 is 11.6 Å². The first-order chi connectivity index (χ1) is 14.2. The van der Waals surface area contributed by atoms with Crippen molar-refractivity contribution in [2.24, 2.45) is 5.92 Å². The second kappa shape index (κ2) is 9.40. The van der Waals surface area contributed by atoms with Gasteiger partial charge < -0.3 is 14.7 Å². The Kier molecular flexibility index (Phi) is 6.45. The molecular formula is C24H32N4O. The molecule has 29 heavy (non-hydrogen) atoms. The Labute approximate surface area is 174 Å². The van der Waals surface area contributed by atoms with Crippen LogP contribution < -0.4 is 4.90 Å². The number of carbonyl (C=O) groups excluding carboxylic acids is 1. The predicted octanol–water partition coefficient (Wildman–Crippen LogP) is 3.32. The monoisotopic (exact) mass is 392 g/mol. The molecule has 0 atom stereocenters. The first-order valence-corrected chi connectivity index (χ1v) is 11.0. The maximum absolute atomic E-state index is 12.7. The molecule has 2 aliphatic heterocycles. The van der Waals surface area contributed by atoms with Crippen LogP contribution in [0.1, 0.15) is 35.8 Å². The van der Waals surface area contributed by atoms with Gasteiger partial charge in [0.2, 0.25) is 0 Å². The van der Waals surface area contributed by atoms with E-state index >= 15 is 0 Å². The Morgan fingerprint density at radius 2 is 1.69 bits per heavy atom. The van der Waals surface area contributed by atoms with Crippen LogP contribution in [0.4, 0.5) is 5.69 Å². The highest BCUT2D eigenvalue weighted by atomic mass is 16.2. The lowest BCUT2D eigenvalue weighted by atomic mass is 9.90. The van der Waals surface area contributed by atoms with E-state index in [2.05, 4.69) is 58.1 Å². The van der Waals surface area contributed by atoms with E-state index in [-0.39, 0.29) is 5.91 Å². The largest absolute Gasteiger partial charge is 0.370 e. The highest BCUT2D eigenvalue weighted by molar-refractivity contribution is 5.92. The van der Waals surface area contributed by atoms with Crippen molar-refractivity contribution < 1.29 is 4.79 Å². The maximum atomic E-state index is 12.7. The predicted molar refractivity (Wildman–Crippen MR) is 117 cm³/mol. The topological polar surface area (TPSA) is 39.7 Å². The number of pyridine rings is 1. The Hall–Kier alpha value is -2.40. The van der Waals surface area contributed by atoms with Crippen LogP contribution in [0, 0.1) is 5.92 Å². The van der Waals surface area contributed by atoms with Gasteiger partial charge in [-0.05, 0) is 49.4 Å². The van der Waals surface area contributed by atoms with Crippen molar-refractivity contribution in [3.8, 4) is 0 Å². The number of piperidine rings is 1. The Morgan fingerprint density at radius 3 is 2.31 bits per heavy atom. The molecule has 1 amide bonds. The van der Waals surface area contributed by atoms with Gasteiger partial charge in [-0.3, -0.25) is 4.79 Å². The van der Waals surface area contributed by atoms with Crippen LogP contribution in [-0.4, -0.2) is 66.5 Å². The van der Waals surface area contributed by atoms with Crippen LogP contribution in [0.3, 0.4) is 0 Å². The van der Waals surface area contributed by atoms with Crippen LogP contribution in [-0.2, 0) is 6.42 Å². The van der Waals surface area contributed by atoms with Gasteiger partial charge in [-0.25, -0.2) is 4.98 Å². The van der Waals surface area contributed by atoms with Crippen molar-refractivity contribution in [1.29, 1.82) is 0 Å². The molecule has 4 rings (SSSR count). The lowest BCUT2D eigenvalue weighted by molar-refractivity contribution is 0.0637. The molecule has 2 aromatic rings. The van der Waals surface area contributed by atoms with E-state index in [0.29, 0.717) is 5.69 Å². The van der Waals surface area contributed by atoms with Crippen molar-refractivity contribution in [3.05, 3.63) is 59.9 Å². The van der Waals surface area contributed by atoms with Gasteiger partial charge in [-0.2, -0.15) is 0 Å². The molecule has 0 radical (unpaired) electrons. The number of benzene rings is 1. The summed E-state index contributed by atoms with van der Waals surface area (Å²) in [6.45, 7) is 8.85. The van der Waals surface area contributed by atoms with E-state index in [1.165, 1.54) is 24.8 Å². The van der Waals surface area contributed by atoms with E-state index in [9.17, 15) is 4.79 Å². The number of nitrogens with zero attached hydrogens (tertiary/aromatic N) is 4. The number of hydrogen-bond donors (Lipinski definition) is 0. The SMILES string of the molecule is CCN1CCN(C(=O)c2ccc(N3CCC(Cc4ccccc4)CC3)cn2)CC1. The standard InChI is InChI=1S/C24H32N4O/c1-2-26-14-16-28(17-15-26)24(29)23-9-8-22(19-25-23)27-12-10-21(11-13-27)18-20-6-4-3-5-7-20/h3-9,19,21H,2,10-18H2,1H3. The van der Waals surface area contributed by atoms with Gasteiger partial charge in [-0.15, -0.1) is 0 Å². The molecule has 154 valence electrons. The van der Waals surface area contributed by atoms with E-state index < -0.39 is 0 Å². The minimum Gasteiger partial charge on any atom is -0.370 e. The van der Waals surface area contributed by atoms with E-state index in [0.717, 1.165) is 57.4 Å². The average Bonchev–Trinajstić information content (AvgIpc) is 2.80. The zero-order chi connectivity index (χ0) is 20.1. The molecule has 0 spiro atoms. The summed E-state index contributed by atoms with van der Waals surface area (Å²) in [5.74, 6) is 0.818. The zero-order valence-electron chi connectivity index (χ0n) is 17.5. The smallest absolute Gasteiger partial charge is 0.272 e. The summed E-state index contributed by atoms with van der Waals surface area (Å²) in [5.41, 5.74) is 3.14. The molecule has 0 saturated carbocycles. The average molecular weight is 393 g/mol. The second-order valence-electron chi connectivity index (χ2n) is 8.25. The number of amides is 1. The number of rotatable bonds is 5. The van der Waals surface area contributed by atoms with Crippen molar-refractivity contribution in [3.63, 3.8) is 0 Å². The lowest BCUT2D eigenvalue weighted by Gasteiger charge is -2.34. The van der Waals surface area contributed by atoms with E-state index in [1.807, 2.05) is 17.2 Å². The van der Waals surface area contributed by atoms with Crippen LogP contribution in [0.25, 0.3) is 0 Å². The molecule has 0 unspecified atom stereocenters. The number of aromatic nitrogens is 1. The molecule has 0 aliphatic carbocycles. The molecule has 2 saturated heterocycles.